The Balaban J connectivity index is 1.67. The first kappa shape index (κ1) is 16.7. The van der Waals surface area contributed by atoms with E-state index in [1.54, 1.807) is 0 Å². The molecular weight excluding hydrogens is 285 g/mol. The summed E-state index contributed by atoms with van der Waals surface area (Å²) in [5.41, 5.74) is 1.11. The van der Waals surface area contributed by atoms with E-state index >= 15 is 0 Å². The van der Waals surface area contributed by atoms with Crippen LogP contribution in [0.15, 0.2) is 24.3 Å². The fourth-order valence-electron chi connectivity index (χ4n) is 2.60. The standard InChI is InChI=1S/C16H24FN3O2/c17-14-4-2-13(3-5-14)12-20-9-6-15(7-10-20)19-16(22)18-8-1-11-21/h2-5,15,21H,1,6-12H2,(H2,18,19,22). The van der Waals surface area contributed by atoms with Crippen LogP contribution in [0, 0.1) is 5.82 Å². The number of benzene rings is 1. The quantitative estimate of drug-likeness (QED) is 0.697. The summed E-state index contributed by atoms with van der Waals surface area (Å²) in [7, 11) is 0. The highest BCUT2D eigenvalue weighted by Gasteiger charge is 2.20. The lowest BCUT2D eigenvalue weighted by Gasteiger charge is -2.32. The number of halogens is 1. The molecule has 0 saturated carbocycles. The number of rotatable bonds is 6. The Bertz CT molecular complexity index is 459. The van der Waals surface area contributed by atoms with Gasteiger partial charge in [0.1, 0.15) is 5.82 Å². The maximum absolute atomic E-state index is 12.9. The molecule has 0 atom stereocenters. The molecular formula is C16H24FN3O2. The van der Waals surface area contributed by atoms with Crippen molar-refractivity contribution in [2.24, 2.45) is 0 Å². The summed E-state index contributed by atoms with van der Waals surface area (Å²) >= 11 is 0. The number of likely N-dealkylation sites (tertiary alicyclic amines) is 1. The summed E-state index contributed by atoms with van der Waals surface area (Å²) < 4.78 is 12.9. The molecule has 1 fully saturated rings. The molecule has 1 aromatic rings. The van der Waals surface area contributed by atoms with E-state index in [-0.39, 0.29) is 24.5 Å². The van der Waals surface area contributed by atoms with Gasteiger partial charge in [0.25, 0.3) is 0 Å². The minimum atomic E-state index is -0.209. The van der Waals surface area contributed by atoms with Crippen molar-refractivity contribution >= 4 is 6.03 Å². The van der Waals surface area contributed by atoms with Crippen molar-refractivity contribution in [3.8, 4) is 0 Å². The van der Waals surface area contributed by atoms with Crippen LogP contribution in [-0.2, 0) is 6.54 Å². The molecule has 22 heavy (non-hydrogen) atoms. The van der Waals surface area contributed by atoms with Crippen LogP contribution in [0.3, 0.4) is 0 Å². The fourth-order valence-corrected chi connectivity index (χ4v) is 2.60. The predicted octanol–water partition coefficient (Wildman–Crippen LogP) is 1.47. The molecule has 5 nitrogen and oxygen atoms in total. The molecule has 0 bridgehead atoms. The molecule has 2 rings (SSSR count). The van der Waals surface area contributed by atoms with Crippen molar-refractivity contribution in [3.63, 3.8) is 0 Å². The maximum atomic E-state index is 12.9. The van der Waals surface area contributed by atoms with Crippen LogP contribution < -0.4 is 10.6 Å². The lowest BCUT2D eigenvalue weighted by atomic mass is 10.0. The molecule has 1 saturated heterocycles. The third-order valence-corrected chi connectivity index (χ3v) is 3.86. The van der Waals surface area contributed by atoms with Gasteiger partial charge in [0.15, 0.2) is 0 Å². The highest BCUT2D eigenvalue weighted by molar-refractivity contribution is 5.74. The summed E-state index contributed by atoms with van der Waals surface area (Å²) in [6.07, 6.45) is 2.40. The number of aliphatic hydroxyl groups excluding tert-OH is 1. The molecule has 122 valence electrons. The molecule has 0 aromatic heterocycles. The molecule has 2 amide bonds. The molecule has 0 aliphatic carbocycles. The number of carbonyl (C=O) groups is 1. The zero-order valence-electron chi connectivity index (χ0n) is 12.7. The van der Waals surface area contributed by atoms with Crippen molar-refractivity contribution in [3.05, 3.63) is 35.6 Å². The number of nitrogens with one attached hydrogen (secondary N) is 2. The second kappa shape index (κ2) is 8.70. The number of carbonyl (C=O) groups excluding carboxylic acids is 1. The van der Waals surface area contributed by atoms with Gasteiger partial charge < -0.3 is 15.7 Å². The monoisotopic (exact) mass is 309 g/mol. The normalized spacial score (nSPS) is 16.5. The average Bonchev–Trinajstić information content (AvgIpc) is 2.52. The van der Waals surface area contributed by atoms with Gasteiger partial charge in [0.05, 0.1) is 0 Å². The summed E-state index contributed by atoms with van der Waals surface area (Å²) in [6.45, 7) is 3.22. The SMILES string of the molecule is O=C(NCCCO)NC1CCN(Cc2ccc(F)cc2)CC1. The molecule has 6 heteroatoms. The summed E-state index contributed by atoms with van der Waals surface area (Å²) in [6, 6.07) is 6.63. The highest BCUT2D eigenvalue weighted by atomic mass is 19.1. The van der Waals surface area contributed by atoms with E-state index in [1.165, 1.54) is 12.1 Å². The van der Waals surface area contributed by atoms with Crippen LogP contribution in [0.1, 0.15) is 24.8 Å². The summed E-state index contributed by atoms with van der Waals surface area (Å²) in [5.74, 6) is -0.209. The van der Waals surface area contributed by atoms with Gasteiger partial charge in [-0.15, -0.1) is 0 Å². The minimum Gasteiger partial charge on any atom is -0.396 e. The third kappa shape index (κ3) is 5.61. The van der Waals surface area contributed by atoms with Gasteiger partial charge in [-0.05, 0) is 37.0 Å². The molecule has 3 N–H and O–H groups in total. The van der Waals surface area contributed by atoms with E-state index in [9.17, 15) is 9.18 Å². The number of aliphatic hydroxyl groups is 1. The molecule has 0 radical (unpaired) electrons. The first-order valence-corrected chi connectivity index (χ1v) is 7.79. The molecule has 1 heterocycles. The Morgan fingerprint density at radius 1 is 1.27 bits per heavy atom. The highest BCUT2D eigenvalue weighted by Crippen LogP contribution is 2.14. The van der Waals surface area contributed by atoms with Crippen LogP contribution >= 0.6 is 0 Å². The van der Waals surface area contributed by atoms with Crippen molar-refractivity contribution in [2.45, 2.75) is 31.8 Å². The van der Waals surface area contributed by atoms with Crippen LogP contribution in [-0.4, -0.2) is 48.3 Å². The smallest absolute Gasteiger partial charge is 0.315 e. The second-order valence-electron chi connectivity index (χ2n) is 5.65. The second-order valence-corrected chi connectivity index (χ2v) is 5.65. The van der Waals surface area contributed by atoms with E-state index in [2.05, 4.69) is 15.5 Å². The predicted molar refractivity (Wildman–Crippen MR) is 82.9 cm³/mol. The topological polar surface area (TPSA) is 64.6 Å². The Morgan fingerprint density at radius 3 is 2.59 bits per heavy atom. The number of urea groups is 1. The Hall–Kier alpha value is -1.66. The fraction of sp³-hybridized carbons (Fsp3) is 0.562. The van der Waals surface area contributed by atoms with Crippen LogP contribution in [0.4, 0.5) is 9.18 Å². The zero-order valence-corrected chi connectivity index (χ0v) is 12.7. The van der Waals surface area contributed by atoms with Gasteiger partial charge >= 0.3 is 6.03 Å². The third-order valence-electron chi connectivity index (χ3n) is 3.86. The molecule has 0 unspecified atom stereocenters. The zero-order chi connectivity index (χ0) is 15.8. The molecule has 1 aliphatic rings. The van der Waals surface area contributed by atoms with Crippen molar-refractivity contribution in [1.82, 2.24) is 15.5 Å². The van der Waals surface area contributed by atoms with Gasteiger partial charge in [0, 0.05) is 38.8 Å². The van der Waals surface area contributed by atoms with E-state index in [4.69, 9.17) is 5.11 Å². The van der Waals surface area contributed by atoms with Gasteiger partial charge in [0.2, 0.25) is 0 Å². The van der Waals surface area contributed by atoms with Crippen LogP contribution in [0.25, 0.3) is 0 Å². The van der Waals surface area contributed by atoms with E-state index < -0.39 is 0 Å². The number of hydrogen-bond donors (Lipinski definition) is 3. The first-order valence-electron chi connectivity index (χ1n) is 7.79. The first-order chi connectivity index (χ1) is 10.7. The lowest BCUT2D eigenvalue weighted by molar-refractivity contribution is 0.186. The number of hydrogen-bond acceptors (Lipinski definition) is 3. The molecule has 1 aliphatic heterocycles. The Labute approximate surface area is 130 Å². The van der Waals surface area contributed by atoms with Crippen molar-refractivity contribution < 1.29 is 14.3 Å². The number of piperidine rings is 1. The minimum absolute atomic E-state index is 0.0854. The largest absolute Gasteiger partial charge is 0.396 e. The molecule has 1 aromatic carbocycles. The van der Waals surface area contributed by atoms with E-state index in [0.717, 1.165) is 38.0 Å². The number of nitrogens with zero attached hydrogens (tertiary/aromatic N) is 1. The van der Waals surface area contributed by atoms with Gasteiger partial charge in [-0.3, -0.25) is 4.90 Å². The Morgan fingerprint density at radius 2 is 1.95 bits per heavy atom. The average molecular weight is 309 g/mol. The van der Waals surface area contributed by atoms with Crippen molar-refractivity contribution in [1.29, 1.82) is 0 Å². The summed E-state index contributed by atoms with van der Waals surface area (Å²) in [4.78, 5) is 14.0. The van der Waals surface area contributed by atoms with E-state index in [1.807, 2.05) is 12.1 Å². The Kier molecular flexibility index (Phi) is 6.61. The van der Waals surface area contributed by atoms with Crippen LogP contribution in [0.2, 0.25) is 0 Å². The van der Waals surface area contributed by atoms with Gasteiger partial charge in [-0.25, -0.2) is 9.18 Å². The maximum Gasteiger partial charge on any atom is 0.315 e. The van der Waals surface area contributed by atoms with Crippen molar-refractivity contribution in [2.75, 3.05) is 26.2 Å². The summed E-state index contributed by atoms with van der Waals surface area (Å²) in [5, 5.41) is 14.4. The number of amides is 2. The van der Waals surface area contributed by atoms with Gasteiger partial charge in [-0.2, -0.15) is 0 Å². The molecule has 0 spiro atoms. The van der Waals surface area contributed by atoms with Crippen LogP contribution in [0.5, 0.6) is 0 Å². The van der Waals surface area contributed by atoms with Gasteiger partial charge in [-0.1, -0.05) is 12.1 Å². The lowest BCUT2D eigenvalue weighted by Crippen LogP contribution is -2.47. The van der Waals surface area contributed by atoms with E-state index in [0.29, 0.717) is 13.0 Å².